The zero-order valence-electron chi connectivity index (χ0n) is 25.2. The molecule has 0 unspecified atom stereocenters. The maximum atomic E-state index is 13.3. The molecule has 0 aliphatic carbocycles. The van der Waals surface area contributed by atoms with Crippen molar-refractivity contribution in [3.63, 3.8) is 0 Å². The molecule has 9 heteroatoms. The molecule has 1 aromatic carbocycles. The highest BCUT2D eigenvalue weighted by Gasteiger charge is 2.28. The summed E-state index contributed by atoms with van der Waals surface area (Å²) >= 11 is 0. The highest BCUT2D eigenvalue weighted by atomic mass is 16.6. The number of ether oxygens (including phenoxy) is 1. The van der Waals surface area contributed by atoms with Gasteiger partial charge >= 0.3 is 6.09 Å². The lowest BCUT2D eigenvalue weighted by molar-refractivity contribution is -0.114. The average molecular weight is 569 g/mol. The molecule has 0 radical (unpaired) electrons. The van der Waals surface area contributed by atoms with Crippen LogP contribution in [0.5, 0.6) is 0 Å². The number of carbonyl (C=O) groups excluding carboxylic acids is 2. The summed E-state index contributed by atoms with van der Waals surface area (Å²) in [5, 5.41) is 3.28. The number of hydrogen-bond acceptors (Lipinski definition) is 8. The molecule has 0 fully saturated rings. The Morgan fingerprint density at radius 2 is 1.95 bits per heavy atom. The molecule has 0 spiro atoms. The van der Waals surface area contributed by atoms with Crippen molar-refractivity contribution in [2.45, 2.75) is 66.0 Å². The van der Waals surface area contributed by atoms with Crippen LogP contribution >= 0.6 is 0 Å². The first-order valence-corrected chi connectivity index (χ1v) is 14.2. The molecule has 0 bridgehead atoms. The number of amides is 1. The lowest BCUT2D eigenvalue weighted by atomic mass is 10.0. The first-order valence-electron chi connectivity index (χ1n) is 14.2. The molecule has 1 aliphatic heterocycles. The molecule has 1 amide bonds. The summed E-state index contributed by atoms with van der Waals surface area (Å²) in [6.45, 7) is 18.7. The van der Waals surface area contributed by atoms with Crippen molar-refractivity contribution in [1.29, 1.82) is 0 Å². The second-order valence-corrected chi connectivity index (χ2v) is 11.4. The van der Waals surface area contributed by atoms with Crippen LogP contribution < -0.4 is 15.1 Å². The lowest BCUT2D eigenvalue weighted by Gasteiger charge is -2.34. The van der Waals surface area contributed by atoms with Crippen molar-refractivity contribution in [2.75, 3.05) is 28.2 Å². The number of benzene rings is 1. The smallest absolute Gasteiger partial charge is 0.414 e. The molecule has 220 valence electrons. The van der Waals surface area contributed by atoms with Crippen LogP contribution in [0.25, 0.3) is 0 Å². The molecule has 42 heavy (non-hydrogen) atoms. The number of pyridine rings is 1. The Labute approximate surface area is 248 Å². The van der Waals surface area contributed by atoms with E-state index in [2.05, 4.69) is 28.4 Å². The Bertz CT molecular complexity index is 1490. The number of rotatable bonds is 10. The number of aromatic nitrogens is 3. The van der Waals surface area contributed by atoms with Crippen LogP contribution in [0.1, 0.15) is 55.3 Å². The van der Waals surface area contributed by atoms with Crippen molar-refractivity contribution in [1.82, 2.24) is 15.0 Å². The second-order valence-electron chi connectivity index (χ2n) is 11.4. The number of hydrogen-bond donors (Lipinski definition) is 1. The molecule has 2 aromatic heterocycles. The maximum Gasteiger partial charge on any atom is 0.414 e. The van der Waals surface area contributed by atoms with E-state index in [-0.39, 0.29) is 5.78 Å². The van der Waals surface area contributed by atoms with Gasteiger partial charge in [-0.05, 0) is 82.4 Å². The Balaban J connectivity index is 1.59. The monoisotopic (exact) mass is 568 g/mol. The Morgan fingerprint density at radius 3 is 2.67 bits per heavy atom. The molecule has 0 saturated heterocycles. The summed E-state index contributed by atoms with van der Waals surface area (Å²) in [6, 6.07) is 7.64. The minimum Gasteiger partial charge on any atom is -0.443 e. The Morgan fingerprint density at radius 1 is 1.17 bits per heavy atom. The van der Waals surface area contributed by atoms with E-state index in [9.17, 15) is 9.59 Å². The van der Waals surface area contributed by atoms with E-state index in [4.69, 9.17) is 14.7 Å². The maximum absolute atomic E-state index is 13.3. The fourth-order valence-electron chi connectivity index (χ4n) is 4.99. The van der Waals surface area contributed by atoms with Crippen molar-refractivity contribution in [2.24, 2.45) is 0 Å². The van der Waals surface area contributed by atoms with Crippen LogP contribution in [0.2, 0.25) is 0 Å². The van der Waals surface area contributed by atoms with Crippen LogP contribution in [0.4, 0.5) is 27.8 Å². The first-order chi connectivity index (χ1) is 20.0. The van der Waals surface area contributed by atoms with Crippen molar-refractivity contribution in [3.8, 4) is 0 Å². The van der Waals surface area contributed by atoms with Crippen LogP contribution in [-0.4, -0.2) is 45.5 Å². The minimum absolute atomic E-state index is 0.0313. The van der Waals surface area contributed by atoms with Gasteiger partial charge < -0.3 is 15.0 Å². The lowest BCUT2D eigenvalue weighted by Crippen LogP contribution is -2.39. The molecule has 3 aromatic rings. The van der Waals surface area contributed by atoms with E-state index in [0.717, 1.165) is 58.1 Å². The second kappa shape index (κ2) is 13.0. The fraction of sp³-hybridized carbons (Fsp3) is 0.364. The molecule has 9 nitrogen and oxygen atoms in total. The van der Waals surface area contributed by atoms with Gasteiger partial charge in [0.25, 0.3) is 0 Å². The Hall–Kier alpha value is -4.53. The predicted molar refractivity (Wildman–Crippen MR) is 168 cm³/mol. The third-order valence-electron chi connectivity index (χ3n) is 6.98. The highest BCUT2D eigenvalue weighted by Crippen LogP contribution is 2.34. The Kier molecular flexibility index (Phi) is 9.40. The number of ketones is 1. The summed E-state index contributed by atoms with van der Waals surface area (Å²) in [6.07, 6.45) is 8.17. The van der Waals surface area contributed by atoms with E-state index in [0.29, 0.717) is 31.9 Å². The molecule has 1 aliphatic rings. The van der Waals surface area contributed by atoms with Gasteiger partial charge in [-0.15, -0.1) is 6.58 Å². The molecule has 1 N–H and O–H groups in total. The number of allylic oxidation sites excluding steroid dienone is 1. The summed E-state index contributed by atoms with van der Waals surface area (Å²) in [5.74, 6) is 0.457. The molecule has 0 atom stereocenters. The number of carbonyl (C=O) groups is 2. The van der Waals surface area contributed by atoms with Crippen LogP contribution in [0, 0.1) is 13.8 Å². The van der Waals surface area contributed by atoms with Crippen LogP contribution in [0.15, 0.2) is 62.0 Å². The van der Waals surface area contributed by atoms with Gasteiger partial charge in [-0.2, -0.15) is 0 Å². The van der Waals surface area contributed by atoms with Crippen molar-refractivity contribution in [3.05, 3.63) is 90.0 Å². The van der Waals surface area contributed by atoms with Crippen molar-refractivity contribution >= 4 is 34.9 Å². The van der Waals surface area contributed by atoms with Crippen molar-refractivity contribution < 1.29 is 14.3 Å². The van der Waals surface area contributed by atoms with E-state index in [1.807, 2.05) is 71.3 Å². The molecule has 0 saturated carbocycles. The van der Waals surface area contributed by atoms with E-state index >= 15 is 0 Å². The summed E-state index contributed by atoms with van der Waals surface area (Å²) in [7, 11) is 0. The molecular formula is C33H40N6O3. The SMILES string of the molecule is C=CCCN(C(=O)OC(C)(C)C)c1c(C)ncc(N2CCc3cnc(Nc4cccc(CC(=O)C=C)c4)nc3C2)c1C. The third-order valence-corrected chi connectivity index (χ3v) is 6.98. The zero-order chi connectivity index (χ0) is 30.4. The van der Waals surface area contributed by atoms with E-state index < -0.39 is 11.7 Å². The van der Waals surface area contributed by atoms with Gasteiger partial charge in [-0.1, -0.05) is 24.8 Å². The molecule has 3 heterocycles. The van der Waals surface area contributed by atoms with E-state index in [1.165, 1.54) is 6.08 Å². The van der Waals surface area contributed by atoms with Crippen LogP contribution in [-0.2, 0) is 28.9 Å². The standard InChI is InChI=1S/C33H40N6O3/c1-8-10-15-39(32(41)42-33(5,6)7)30-22(3)29(20-34-23(30)4)38-16-14-25-19-35-31(37-28(25)21-38)36-26-13-11-12-24(17-26)18-27(40)9-2/h8-9,11-13,17,19-20H,1-2,10,14-16,18,21H2,3-7H3,(H,35,36,37). The number of anilines is 4. The van der Waals surface area contributed by atoms with Gasteiger partial charge in [0, 0.05) is 31.4 Å². The van der Waals surface area contributed by atoms with E-state index in [1.54, 1.807) is 11.0 Å². The molecule has 4 rings (SSSR count). The third kappa shape index (κ3) is 7.40. The van der Waals surface area contributed by atoms with Gasteiger partial charge in [-0.25, -0.2) is 14.8 Å². The number of aryl methyl sites for hydroxylation is 1. The van der Waals surface area contributed by atoms with Gasteiger partial charge in [0.1, 0.15) is 5.60 Å². The summed E-state index contributed by atoms with van der Waals surface area (Å²) < 4.78 is 5.75. The minimum atomic E-state index is -0.622. The summed E-state index contributed by atoms with van der Waals surface area (Å²) in [4.78, 5) is 43.1. The van der Waals surface area contributed by atoms with Gasteiger partial charge in [0.2, 0.25) is 5.95 Å². The topological polar surface area (TPSA) is 101 Å². The first kappa shape index (κ1) is 30.4. The van der Waals surface area contributed by atoms with Gasteiger partial charge in [0.05, 0.1) is 35.5 Å². The zero-order valence-corrected chi connectivity index (χ0v) is 25.2. The number of nitrogens with one attached hydrogen (secondary N) is 1. The molecular weight excluding hydrogens is 528 g/mol. The normalized spacial score (nSPS) is 12.7. The number of nitrogens with zero attached hydrogens (tertiary/aromatic N) is 5. The quantitative estimate of drug-likeness (QED) is 0.221. The van der Waals surface area contributed by atoms with Crippen LogP contribution in [0.3, 0.4) is 0 Å². The highest BCUT2D eigenvalue weighted by molar-refractivity contribution is 5.91. The fourth-order valence-corrected chi connectivity index (χ4v) is 4.99. The van der Waals surface area contributed by atoms with Gasteiger partial charge in [0.15, 0.2) is 5.78 Å². The summed E-state index contributed by atoms with van der Waals surface area (Å²) in [5.41, 5.74) is 6.52. The average Bonchev–Trinajstić information content (AvgIpc) is 2.93. The largest absolute Gasteiger partial charge is 0.443 e. The van der Waals surface area contributed by atoms with Gasteiger partial charge in [-0.3, -0.25) is 14.7 Å². The number of fused-ring (bicyclic) bond motifs is 1. The predicted octanol–water partition coefficient (Wildman–Crippen LogP) is 6.41.